The van der Waals surface area contributed by atoms with Gasteiger partial charge < -0.3 is 20.7 Å². The number of fused-ring (bicyclic) bond motifs is 3. The van der Waals surface area contributed by atoms with Crippen molar-refractivity contribution in [2.75, 3.05) is 13.2 Å². The second kappa shape index (κ2) is 10.6. The topological polar surface area (TPSA) is 94.2 Å². The second-order valence-corrected chi connectivity index (χ2v) is 8.84. The molecule has 1 aliphatic carbocycles. The molecule has 4 N–H and O–H groups in total. The number of aliphatic hydroxyl groups is 1. The molecule has 0 bridgehead atoms. The first kappa shape index (κ1) is 25.1. The molecule has 1 aromatic carbocycles. The molecule has 2 amide bonds. The SMILES string of the molecule is CCC(C)[C@H](NC(=O)C1CCc2[nH]c3c(C(F)(F)F)cccc3c2C1)C(=O)NCCCCO. The van der Waals surface area contributed by atoms with Crippen molar-refractivity contribution in [3.63, 3.8) is 0 Å². The van der Waals surface area contributed by atoms with E-state index in [1.807, 2.05) is 13.8 Å². The van der Waals surface area contributed by atoms with Crippen LogP contribution in [0.5, 0.6) is 0 Å². The molecule has 0 saturated heterocycles. The molecule has 182 valence electrons. The Hall–Kier alpha value is -2.55. The van der Waals surface area contributed by atoms with Crippen molar-refractivity contribution in [1.29, 1.82) is 0 Å². The van der Waals surface area contributed by atoms with E-state index in [0.29, 0.717) is 50.5 Å². The van der Waals surface area contributed by atoms with Crippen LogP contribution in [0.25, 0.3) is 10.9 Å². The van der Waals surface area contributed by atoms with Crippen LogP contribution in [-0.2, 0) is 28.6 Å². The van der Waals surface area contributed by atoms with Crippen LogP contribution in [-0.4, -0.2) is 41.1 Å². The maximum absolute atomic E-state index is 13.4. The van der Waals surface area contributed by atoms with E-state index >= 15 is 0 Å². The number of hydrogen-bond acceptors (Lipinski definition) is 3. The Morgan fingerprint density at radius 2 is 2.03 bits per heavy atom. The summed E-state index contributed by atoms with van der Waals surface area (Å²) in [4.78, 5) is 28.7. The van der Waals surface area contributed by atoms with Gasteiger partial charge in [0.05, 0.1) is 11.1 Å². The van der Waals surface area contributed by atoms with E-state index in [1.165, 1.54) is 6.07 Å². The number of rotatable bonds is 9. The number of alkyl halides is 3. The van der Waals surface area contributed by atoms with E-state index in [9.17, 15) is 22.8 Å². The number of aryl methyl sites for hydroxylation is 1. The van der Waals surface area contributed by atoms with E-state index in [0.717, 1.165) is 17.3 Å². The molecule has 1 aromatic heterocycles. The van der Waals surface area contributed by atoms with Gasteiger partial charge in [-0.2, -0.15) is 13.2 Å². The molecule has 9 heteroatoms. The number of hydrogen-bond donors (Lipinski definition) is 4. The third kappa shape index (κ3) is 5.69. The Balaban J connectivity index is 1.74. The Morgan fingerprint density at radius 1 is 1.27 bits per heavy atom. The zero-order valence-electron chi connectivity index (χ0n) is 19.0. The van der Waals surface area contributed by atoms with Gasteiger partial charge >= 0.3 is 6.18 Å². The Kier molecular flexibility index (Phi) is 8.05. The Morgan fingerprint density at radius 3 is 2.70 bits per heavy atom. The number of aliphatic hydroxyl groups excluding tert-OH is 1. The Labute approximate surface area is 191 Å². The summed E-state index contributed by atoms with van der Waals surface area (Å²) in [6.07, 6.45) is -1.22. The van der Waals surface area contributed by atoms with Crippen molar-refractivity contribution in [3.05, 3.63) is 35.0 Å². The van der Waals surface area contributed by atoms with Crippen molar-refractivity contribution in [3.8, 4) is 0 Å². The van der Waals surface area contributed by atoms with Crippen LogP contribution in [0, 0.1) is 11.8 Å². The van der Waals surface area contributed by atoms with Gasteiger partial charge in [0.1, 0.15) is 6.04 Å². The highest BCUT2D eigenvalue weighted by Gasteiger charge is 2.36. The van der Waals surface area contributed by atoms with Gasteiger partial charge in [0.25, 0.3) is 0 Å². The van der Waals surface area contributed by atoms with Crippen LogP contribution in [0.3, 0.4) is 0 Å². The predicted molar refractivity (Wildman–Crippen MR) is 120 cm³/mol. The average Bonchev–Trinajstić information content (AvgIpc) is 3.16. The van der Waals surface area contributed by atoms with Crippen molar-refractivity contribution in [2.24, 2.45) is 11.8 Å². The predicted octanol–water partition coefficient (Wildman–Crippen LogP) is 3.71. The molecular formula is C24H32F3N3O3. The van der Waals surface area contributed by atoms with E-state index in [1.54, 1.807) is 6.07 Å². The number of aromatic nitrogens is 1. The third-order valence-corrected chi connectivity index (χ3v) is 6.58. The van der Waals surface area contributed by atoms with Gasteiger partial charge in [-0.3, -0.25) is 9.59 Å². The largest absolute Gasteiger partial charge is 0.418 e. The number of benzene rings is 1. The number of halogens is 3. The van der Waals surface area contributed by atoms with Crippen LogP contribution >= 0.6 is 0 Å². The quantitative estimate of drug-likeness (QED) is 0.424. The van der Waals surface area contributed by atoms with Gasteiger partial charge in [0.2, 0.25) is 11.8 Å². The van der Waals surface area contributed by atoms with Crippen LogP contribution in [0.1, 0.15) is 56.4 Å². The van der Waals surface area contributed by atoms with Gasteiger partial charge in [0, 0.05) is 30.1 Å². The van der Waals surface area contributed by atoms with Crippen molar-refractivity contribution < 1.29 is 27.9 Å². The zero-order chi connectivity index (χ0) is 24.2. The second-order valence-electron chi connectivity index (χ2n) is 8.84. The molecule has 6 nitrogen and oxygen atoms in total. The molecule has 1 aliphatic rings. The zero-order valence-corrected chi connectivity index (χ0v) is 19.0. The van der Waals surface area contributed by atoms with Gasteiger partial charge in [-0.05, 0) is 49.7 Å². The molecule has 1 heterocycles. The van der Waals surface area contributed by atoms with Crippen molar-refractivity contribution in [2.45, 2.75) is 64.6 Å². The summed E-state index contributed by atoms with van der Waals surface area (Å²) in [5.74, 6) is -1.00. The summed E-state index contributed by atoms with van der Waals surface area (Å²) < 4.78 is 40.2. The maximum Gasteiger partial charge on any atom is 0.418 e. The molecule has 0 saturated carbocycles. The van der Waals surface area contributed by atoms with E-state index < -0.39 is 23.7 Å². The van der Waals surface area contributed by atoms with Gasteiger partial charge in [-0.1, -0.05) is 32.4 Å². The van der Waals surface area contributed by atoms with E-state index in [-0.39, 0.29) is 29.9 Å². The van der Waals surface area contributed by atoms with Gasteiger partial charge in [-0.25, -0.2) is 0 Å². The van der Waals surface area contributed by atoms with Gasteiger partial charge in [-0.15, -0.1) is 0 Å². The van der Waals surface area contributed by atoms with E-state index in [2.05, 4.69) is 15.6 Å². The molecule has 3 rings (SSSR count). The number of aromatic amines is 1. The molecule has 0 aliphatic heterocycles. The standard InChI is InChI=1S/C24H32F3N3O3/c1-3-14(2)20(23(33)28-11-4-5-12-31)30-22(32)15-9-10-19-17(13-15)16-7-6-8-18(21(16)29-19)24(25,26)27/h6-8,14-15,20,29,31H,3-5,9-13H2,1-2H3,(H,28,33)(H,30,32)/t14?,15?,20-/m0/s1. The molecule has 2 aromatic rings. The van der Waals surface area contributed by atoms with E-state index in [4.69, 9.17) is 5.11 Å². The number of H-pyrrole nitrogens is 1. The fourth-order valence-corrected chi connectivity index (χ4v) is 4.43. The minimum Gasteiger partial charge on any atom is -0.396 e. The lowest BCUT2D eigenvalue weighted by atomic mass is 9.85. The minimum absolute atomic E-state index is 0.0589. The highest BCUT2D eigenvalue weighted by atomic mass is 19.4. The first-order valence-electron chi connectivity index (χ1n) is 11.6. The number of para-hydroxylation sites is 1. The molecule has 3 atom stereocenters. The minimum atomic E-state index is -4.46. The summed E-state index contributed by atoms with van der Waals surface area (Å²) in [6, 6.07) is 3.42. The van der Waals surface area contributed by atoms with Crippen LogP contribution < -0.4 is 10.6 Å². The third-order valence-electron chi connectivity index (χ3n) is 6.58. The summed E-state index contributed by atoms with van der Waals surface area (Å²) >= 11 is 0. The Bertz CT molecular complexity index is 986. The number of carbonyl (C=O) groups is 2. The summed E-state index contributed by atoms with van der Waals surface area (Å²) in [5.41, 5.74) is 0.850. The molecular weight excluding hydrogens is 435 g/mol. The number of unbranched alkanes of at least 4 members (excludes halogenated alkanes) is 1. The average molecular weight is 468 g/mol. The fourth-order valence-electron chi connectivity index (χ4n) is 4.43. The highest BCUT2D eigenvalue weighted by Crippen LogP contribution is 2.39. The molecule has 0 fully saturated rings. The van der Waals surface area contributed by atoms with Crippen LogP contribution in [0.15, 0.2) is 18.2 Å². The fraction of sp³-hybridized carbons (Fsp3) is 0.583. The lowest BCUT2D eigenvalue weighted by Crippen LogP contribution is -2.52. The highest BCUT2D eigenvalue weighted by molar-refractivity contribution is 5.91. The summed E-state index contributed by atoms with van der Waals surface area (Å²) in [5, 5.41) is 15.1. The monoisotopic (exact) mass is 467 g/mol. The molecule has 0 radical (unpaired) electrons. The molecule has 0 spiro atoms. The van der Waals surface area contributed by atoms with Crippen LogP contribution in [0.4, 0.5) is 13.2 Å². The van der Waals surface area contributed by atoms with Crippen molar-refractivity contribution in [1.82, 2.24) is 15.6 Å². The molecule has 33 heavy (non-hydrogen) atoms. The van der Waals surface area contributed by atoms with Gasteiger partial charge in [0.15, 0.2) is 0 Å². The van der Waals surface area contributed by atoms with Crippen LogP contribution in [0.2, 0.25) is 0 Å². The lowest BCUT2D eigenvalue weighted by Gasteiger charge is -2.27. The molecule has 2 unspecified atom stereocenters. The number of carbonyl (C=O) groups excluding carboxylic acids is 2. The lowest BCUT2D eigenvalue weighted by molar-refractivity contribution is -0.136. The number of nitrogens with one attached hydrogen (secondary N) is 3. The maximum atomic E-state index is 13.4. The smallest absolute Gasteiger partial charge is 0.396 e. The first-order chi connectivity index (χ1) is 15.7. The summed E-state index contributed by atoms with van der Waals surface area (Å²) in [7, 11) is 0. The summed E-state index contributed by atoms with van der Waals surface area (Å²) in [6.45, 7) is 4.32. The normalized spacial score (nSPS) is 17.9. The number of amides is 2. The first-order valence-corrected chi connectivity index (χ1v) is 11.6. The van der Waals surface area contributed by atoms with Crippen molar-refractivity contribution >= 4 is 22.7 Å².